The topological polar surface area (TPSA) is 15.3 Å². The van der Waals surface area contributed by atoms with E-state index >= 15 is 0 Å². The summed E-state index contributed by atoms with van der Waals surface area (Å²) in [5.41, 5.74) is -1.60. The number of benzene rings is 1. The Kier molecular flexibility index (Phi) is 4.77. The van der Waals surface area contributed by atoms with E-state index in [0.717, 1.165) is 6.07 Å². The van der Waals surface area contributed by atoms with Gasteiger partial charge in [0.1, 0.15) is 5.82 Å². The first kappa shape index (κ1) is 16.1. The number of hydrogen-bond donors (Lipinski definition) is 1. The fourth-order valence-corrected chi connectivity index (χ4v) is 2.42. The van der Waals surface area contributed by atoms with Crippen molar-refractivity contribution in [3.05, 3.63) is 35.1 Å². The van der Waals surface area contributed by atoms with Gasteiger partial charge in [0.05, 0.1) is 11.6 Å². The molecule has 0 radical (unpaired) electrons. The van der Waals surface area contributed by atoms with Crippen LogP contribution in [0.5, 0.6) is 0 Å². The van der Waals surface area contributed by atoms with Crippen LogP contribution in [0.15, 0.2) is 18.2 Å². The Labute approximate surface area is 117 Å². The zero-order valence-electron chi connectivity index (χ0n) is 10.9. The van der Waals surface area contributed by atoms with Gasteiger partial charge in [-0.2, -0.15) is 13.2 Å². The van der Waals surface area contributed by atoms with Gasteiger partial charge >= 0.3 is 6.18 Å². The van der Waals surface area contributed by atoms with E-state index in [4.69, 9.17) is 0 Å². The summed E-state index contributed by atoms with van der Waals surface area (Å²) in [7, 11) is 0. The lowest BCUT2D eigenvalue weighted by Crippen LogP contribution is -2.47. The van der Waals surface area contributed by atoms with E-state index in [-0.39, 0.29) is 18.7 Å². The van der Waals surface area contributed by atoms with Gasteiger partial charge in [0.25, 0.3) is 6.43 Å². The maximum absolute atomic E-state index is 13.4. The first-order valence-corrected chi connectivity index (χ1v) is 6.39. The summed E-state index contributed by atoms with van der Waals surface area (Å²) in [5.74, 6) is -1.17. The highest BCUT2D eigenvalue weighted by Gasteiger charge is 2.35. The van der Waals surface area contributed by atoms with Crippen molar-refractivity contribution in [2.75, 3.05) is 26.2 Å². The lowest BCUT2D eigenvalue weighted by Gasteiger charge is -2.34. The van der Waals surface area contributed by atoms with Crippen molar-refractivity contribution in [1.82, 2.24) is 10.2 Å². The molecule has 1 fully saturated rings. The van der Waals surface area contributed by atoms with Crippen molar-refractivity contribution in [3.8, 4) is 0 Å². The molecule has 1 N–H and O–H groups in total. The highest BCUT2D eigenvalue weighted by atomic mass is 19.4. The SMILES string of the molecule is Fc1cc([C@H](C(F)F)N2CCNCC2)cc(C(F)(F)F)c1. The molecule has 0 amide bonds. The largest absolute Gasteiger partial charge is 0.416 e. The third-order valence-electron chi connectivity index (χ3n) is 3.37. The molecular formula is C13H14F6N2. The number of halogens is 6. The highest BCUT2D eigenvalue weighted by Crippen LogP contribution is 2.34. The average Bonchev–Trinajstić information content (AvgIpc) is 2.38. The quantitative estimate of drug-likeness (QED) is 0.863. The lowest BCUT2D eigenvalue weighted by atomic mass is 10.0. The summed E-state index contributed by atoms with van der Waals surface area (Å²) < 4.78 is 77.9. The van der Waals surface area contributed by atoms with Gasteiger partial charge in [-0.05, 0) is 23.8 Å². The average molecular weight is 312 g/mol. The molecule has 1 aliphatic rings. The van der Waals surface area contributed by atoms with Crippen molar-refractivity contribution < 1.29 is 26.3 Å². The van der Waals surface area contributed by atoms with Crippen LogP contribution in [-0.2, 0) is 6.18 Å². The van der Waals surface area contributed by atoms with E-state index < -0.39 is 30.0 Å². The van der Waals surface area contributed by atoms with Crippen molar-refractivity contribution >= 4 is 0 Å². The molecule has 8 heteroatoms. The van der Waals surface area contributed by atoms with Crippen LogP contribution in [0, 0.1) is 5.82 Å². The molecule has 0 aromatic heterocycles. The lowest BCUT2D eigenvalue weighted by molar-refractivity contribution is -0.137. The minimum absolute atomic E-state index is 0.271. The van der Waals surface area contributed by atoms with Crippen LogP contribution in [0.25, 0.3) is 0 Å². The monoisotopic (exact) mass is 312 g/mol. The molecule has 1 aromatic rings. The van der Waals surface area contributed by atoms with Crippen LogP contribution in [0.3, 0.4) is 0 Å². The molecule has 118 valence electrons. The Hall–Kier alpha value is -1.28. The zero-order chi connectivity index (χ0) is 15.6. The third kappa shape index (κ3) is 3.88. The molecule has 2 rings (SSSR count). The van der Waals surface area contributed by atoms with E-state index in [1.54, 1.807) is 0 Å². The van der Waals surface area contributed by atoms with Crippen molar-refractivity contribution in [3.63, 3.8) is 0 Å². The number of hydrogen-bond acceptors (Lipinski definition) is 2. The summed E-state index contributed by atoms with van der Waals surface area (Å²) in [5, 5.41) is 2.97. The second kappa shape index (κ2) is 6.23. The number of nitrogens with zero attached hydrogens (tertiary/aromatic N) is 1. The van der Waals surface area contributed by atoms with Gasteiger partial charge in [0.2, 0.25) is 0 Å². The Bertz CT molecular complexity index is 482. The molecule has 1 aromatic carbocycles. The predicted octanol–water partition coefficient (Wildman–Crippen LogP) is 3.06. The van der Waals surface area contributed by atoms with Crippen LogP contribution in [-0.4, -0.2) is 37.5 Å². The molecular weight excluding hydrogens is 298 g/mol. The fourth-order valence-electron chi connectivity index (χ4n) is 2.42. The second-order valence-electron chi connectivity index (χ2n) is 4.84. The van der Waals surface area contributed by atoms with Gasteiger partial charge in [-0.15, -0.1) is 0 Å². The molecule has 0 bridgehead atoms. The number of piperazine rings is 1. The van der Waals surface area contributed by atoms with Gasteiger partial charge in [0.15, 0.2) is 0 Å². The third-order valence-corrected chi connectivity index (χ3v) is 3.37. The number of rotatable bonds is 3. The predicted molar refractivity (Wildman–Crippen MR) is 64.6 cm³/mol. The van der Waals surface area contributed by atoms with Crippen molar-refractivity contribution in [2.24, 2.45) is 0 Å². The van der Waals surface area contributed by atoms with Crippen molar-refractivity contribution in [2.45, 2.75) is 18.6 Å². The summed E-state index contributed by atoms with van der Waals surface area (Å²) in [4.78, 5) is 1.37. The Morgan fingerprint density at radius 2 is 1.67 bits per heavy atom. The van der Waals surface area contributed by atoms with Gasteiger partial charge in [-0.3, -0.25) is 4.90 Å². The second-order valence-corrected chi connectivity index (χ2v) is 4.84. The van der Waals surface area contributed by atoms with E-state index in [1.165, 1.54) is 4.90 Å². The fraction of sp³-hybridized carbons (Fsp3) is 0.538. The molecule has 2 nitrogen and oxygen atoms in total. The Morgan fingerprint density at radius 3 is 2.19 bits per heavy atom. The van der Waals surface area contributed by atoms with Crippen LogP contribution in [0.1, 0.15) is 17.2 Å². The summed E-state index contributed by atoms with van der Waals surface area (Å²) in [6, 6.07) is 0.115. The summed E-state index contributed by atoms with van der Waals surface area (Å²) >= 11 is 0. The zero-order valence-corrected chi connectivity index (χ0v) is 10.9. The van der Waals surface area contributed by atoms with Crippen LogP contribution in [0.2, 0.25) is 0 Å². The molecule has 0 unspecified atom stereocenters. The standard InChI is InChI=1S/C13H14F6N2/c14-10-6-8(5-9(7-10)13(17,18)19)11(12(15)16)21-3-1-20-2-4-21/h5-7,11-12,20H,1-4H2/t11-/m1/s1. The summed E-state index contributed by atoms with van der Waals surface area (Å²) in [6.07, 6.45) is -7.67. The van der Waals surface area contributed by atoms with Crippen LogP contribution >= 0.6 is 0 Å². The molecule has 0 spiro atoms. The van der Waals surface area contributed by atoms with E-state index in [0.29, 0.717) is 25.2 Å². The van der Waals surface area contributed by atoms with Gasteiger partial charge in [-0.1, -0.05) is 0 Å². The molecule has 0 saturated carbocycles. The van der Waals surface area contributed by atoms with Gasteiger partial charge < -0.3 is 5.32 Å². The molecule has 1 heterocycles. The maximum atomic E-state index is 13.4. The first-order chi connectivity index (χ1) is 9.79. The first-order valence-electron chi connectivity index (χ1n) is 6.39. The maximum Gasteiger partial charge on any atom is 0.416 e. The molecule has 0 aliphatic carbocycles. The van der Waals surface area contributed by atoms with E-state index in [9.17, 15) is 26.3 Å². The normalized spacial score (nSPS) is 19.0. The van der Waals surface area contributed by atoms with E-state index in [2.05, 4.69) is 5.32 Å². The molecule has 1 aliphatic heterocycles. The molecule has 21 heavy (non-hydrogen) atoms. The van der Waals surface area contributed by atoms with E-state index in [1.807, 2.05) is 0 Å². The molecule has 1 saturated heterocycles. The minimum atomic E-state index is -4.77. The van der Waals surface area contributed by atoms with Gasteiger partial charge in [0, 0.05) is 26.2 Å². The van der Waals surface area contributed by atoms with Gasteiger partial charge in [-0.25, -0.2) is 13.2 Å². The smallest absolute Gasteiger partial charge is 0.314 e. The van der Waals surface area contributed by atoms with Crippen LogP contribution < -0.4 is 5.32 Å². The van der Waals surface area contributed by atoms with Crippen molar-refractivity contribution in [1.29, 1.82) is 0 Å². The minimum Gasteiger partial charge on any atom is -0.314 e. The Morgan fingerprint density at radius 1 is 1.05 bits per heavy atom. The summed E-state index contributed by atoms with van der Waals surface area (Å²) in [6.45, 7) is 1.47. The number of nitrogens with one attached hydrogen (secondary N) is 1. The van der Waals surface area contributed by atoms with Crippen LogP contribution in [0.4, 0.5) is 26.3 Å². The number of alkyl halides is 5. The Balaban J connectivity index is 2.38. The highest BCUT2D eigenvalue weighted by molar-refractivity contribution is 5.29. The molecule has 1 atom stereocenters.